The Balaban J connectivity index is 1.75. The minimum atomic E-state index is -4.50. The zero-order valence-electron chi connectivity index (χ0n) is 12.5. The van der Waals surface area contributed by atoms with Gasteiger partial charge in [-0.1, -0.05) is 24.3 Å². The van der Waals surface area contributed by atoms with E-state index >= 15 is 0 Å². The van der Waals surface area contributed by atoms with Gasteiger partial charge in [-0.3, -0.25) is 9.48 Å². The summed E-state index contributed by atoms with van der Waals surface area (Å²) >= 11 is 0. The standard InChI is InChI=1S/C16H16F3N3O/c1-11(22-9-7-14(20-22)16(17,18)19)15(23)21-8-6-12-4-2-3-5-13(12)10-21/h2-5,7,9,11H,6,8,10H2,1H3/t11-/m1/s1. The summed E-state index contributed by atoms with van der Waals surface area (Å²) in [6.45, 7) is 2.61. The Kier molecular flexibility index (Phi) is 3.87. The van der Waals surface area contributed by atoms with E-state index in [1.165, 1.54) is 11.8 Å². The van der Waals surface area contributed by atoms with Crippen LogP contribution in [0.3, 0.4) is 0 Å². The monoisotopic (exact) mass is 323 g/mol. The summed E-state index contributed by atoms with van der Waals surface area (Å²) in [7, 11) is 0. The Morgan fingerprint density at radius 1 is 1.22 bits per heavy atom. The largest absolute Gasteiger partial charge is 0.435 e. The van der Waals surface area contributed by atoms with Gasteiger partial charge in [0.05, 0.1) is 0 Å². The number of carbonyl (C=O) groups excluding carboxylic acids is 1. The highest BCUT2D eigenvalue weighted by atomic mass is 19.4. The number of hydrogen-bond acceptors (Lipinski definition) is 2. The van der Waals surface area contributed by atoms with E-state index in [2.05, 4.69) is 5.10 Å². The molecule has 1 aromatic heterocycles. The third-order valence-corrected chi connectivity index (χ3v) is 4.10. The van der Waals surface area contributed by atoms with Crippen LogP contribution in [0.1, 0.15) is 29.8 Å². The van der Waals surface area contributed by atoms with E-state index in [1.807, 2.05) is 24.3 Å². The Morgan fingerprint density at radius 3 is 2.57 bits per heavy atom. The molecule has 0 fully saturated rings. The van der Waals surface area contributed by atoms with Crippen molar-refractivity contribution in [2.24, 2.45) is 0 Å². The number of fused-ring (bicyclic) bond motifs is 1. The number of aromatic nitrogens is 2. The van der Waals surface area contributed by atoms with Gasteiger partial charge in [0, 0.05) is 19.3 Å². The van der Waals surface area contributed by atoms with Crippen LogP contribution in [0.5, 0.6) is 0 Å². The lowest BCUT2D eigenvalue weighted by Crippen LogP contribution is -2.40. The number of benzene rings is 1. The average Bonchev–Trinajstić information content (AvgIpc) is 3.03. The second-order valence-electron chi connectivity index (χ2n) is 5.63. The van der Waals surface area contributed by atoms with Crippen LogP contribution in [0.15, 0.2) is 36.5 Å². The van der Waals surface area contributed by atoms with E-state index in [9.17, 15) is 18.0 Å². The van der Waals surface area contributed by atoms with E-state index < -0.39 is 17.9 Å². The molecular weight excluding hydrogens is 307 g/mol. The first kappa shape index (κ1) is 15.6. The summed E-state index contributed by atoms with van der Waals surface area (Å²) in [5, 5.41) is 3.49. The van der Waals surface area contributed by atoms with Crippen molar-refractivity contribution in [3.63, 3.8) is 0 Å². The smallest absolute Gasteiger partial charge is 0.336 e. The van der Waals surface area contributed by atoms with Crippen LogP contribution in [0, 0.1) is 0 Å². The molecule has 1 atom stereocenters. The summed E-state index contributed by atoms with van der Waals surface area (Å²) in [5.74, 6) is -0.226. The number of halogens is 3. The van der Waals surface area contributed by atoms with Gasteiger partial charge >= 0.3 is 6.18 Å². The van der Waals surface area contributed by atoms with Crippen LogP contribution in [-0.4, -0.2) is 27.1 Å². The first-order valence-corrected chi connectivity index (χ1v) is 7.34. The second kappa shape index (κ2) is 5.72. The Morgan fingerprint density at radius 2 is 1.91 bits per heavy atom. The molecule has 2 aromatic rings. The minimum absolute atomic E-state index is 0.226. The van der Waals surface area contributed by atoms with Crippen molar-refractivity contribution < 1.29 is 18.0 Å². The van der Waals surface area contributed by atoms with Crippen LogP contribution in [-0.2, 0) is 23.9 Å². The number of amides is 1. The molecule has 0 unspecified atom stereocenters. The molecule has 0 spiro atoms. The molecule has 0 bridgehead atoms. The fraction of sp³-hybridized carbons (Fsp3) is 0.375. The summed E-state index contributed by atoms with van der Waals surface area (Å²) in [5.41, 5.74) is 1.31. The molecule has 0 aliphatic carbocycles. The SMILES string of the molecule is C[C@H](C(=O)N1CCc2ccccc2C1)n1ccc(C(F)(F)F)n1. The van der Waals surface area contributed by atoms with E-state index in [-0.39, 0.29) is 5.91 Å². The maximum absolute atomic E-state index is 12.6. The molecule has 1 aliphatic heterocycles. The van der Waals surface area contributed by atoms with E-state index in [0.717, 1.165) is 22.7 Å². The van der Waals surface area contributed by atoms with Crippen molar-refractivity contribution >= 4 is 5.91 Å². The van der Waals surface area contributed by atoms with Gasteiger partial charge in [0.15, 0.2) is 5.69 Å². The fourth-order valence-electron chi connectivity index (χ4n) is 2.77. The van der Waals surface area contributed by atoms with Crippen molar-refractivity contribution in [1.82, 2.24) is 14.7 Å². The van der Waals surface area contributed by atoms with E-state index in [1.54, 1.807) is 11.8 Å². The van der Waals surface area contributed by atoms with Crippen molar-refractivity contribution in [2.45, 2.75) is 32.1 Å². The number of rotatable bonds is 2. The molecule has 23 heavy (non-hydrogen) atoms. The quantitative estimate of drug-likeness (QED) is 0.852. The molecule has 1 aromatic carbocycles. The zero-order chi connectivity index (χ0) is 16.6. The predicted molar refractivity (Wildman–Crippen MR) is 77.5 cm³/mol. The highest BCUT2D eigenvalue weighted by molar-refractivity contribution is 5.80. The van der Waals surface area contributed by atoms with E-state index in [0.29, 0.717) is 13.1 Å². The molecule has 2 heterocycles. The summed E-state index contributed by atoms with van der Waals surface area (Å²) < 4.78 is 38.9. The highest BCUT2D eigenvalue weighted by Crippen LogP contribution is 2.28. The van der Waals surface area contributed by atoms with Gasteiger partial charge in [-0.2, -0.15) is 18.3 Å². The Bertz CT molecular complexity index is 723. The van der Waals surface area contributed by atoms with Crippen molar-refractivity contribution in [1.29, 1.82) is 0 Å². The van der Waals surface area contributed by atoms with Crippen LogP contribution in [0.2, 0.25) is 0 Å². The number of nitrogens with zero attached hydrogens (tertiary/aromatic N) is 3. The van der Waals surface area contributed by atoms with Gasteiger partial charge in [0.2, 0.25) is 5.91 Å². The molecular formula is C16H16F3N3O. The first-order valence-electron chi connectivity index (χ1n) is 7.34. The third kappa shape index (κ3) is 3.09. The molecule has 4 nitrogen and oxygen atoms in total. The molecule has 0 N–H and O–H groups in total. The molecule has 0 radical (unpaired) electrons. The van der Waals surface area contributed by atoms with Crippen LogP contribution < -0.4 is 0 Å². The van der Waals surface area contributed by atoms with Gasteiger partial charge < -0.3 is 4.90 Å². The maximum Gasteiger partial charge on any atom is 0.435 e. The van der Waals surface area contributed by atoms with Gasteiger partial charge in [-0.15, -0.1) is 0 Å². The van der Waals surface area contributed by atoms with Crippen molar-refractivity contribution in [3.05, 3.63) is 53.3 Å². The molecule has 0 saturated carbocycles. The molecule has 1 amide bonds. The molecule has 7 heteroatoms. The normalized spacial score (nSPS) is 16.1. The van der Waals surface area contributed by atoms with Gasteiger partial charge in [0.1, 0.15) is 6.04 Å². The average molecular weight is 323 g/mol. The lowest BCUT2D eigenvalue weighted by molar-refractivity contribution is -0.142. The second-order valence-corrected chi connectivity index (χ2v) is 5.63. The number of hydrogen-bond donors (Lipinski definition) is 0. The van der Waals surface area contributed by atoms with Crippen LogP contribution >= 0.6 is 0 Å². The van der Waals surface area contributed by atoms with Crippen molar-refractivity contribution in [3.8, 4) is 0 Å². The molecule has 1 aliphatic rings. The summed E-state index contributed by atoms with van der Waals surface area (Å²) in [4.78, 5) is 14.2. The summed E-state index contributed by atoms with van der Waals surface area (Å²) in [6, 6.07) is 7.99. The number of alkyl halides is 3. The Labute approximate surface area is 131 Å². The molecule has 122 valence electrons. The Hall–Kier alpha value is -2.31. The summed E-state index contributed by atoms with van der Waals surface area (Å²) in [6.07, 6.45) is -2.55. The highest BCUT2D eigenvalue weighted by Gasteiger charge is 2.35. The van der Waals surface area contributed by atoms with Crippen molar-refractivity contribution in [2.75, 3.05) is 6.54 Å². The zero-order valence-corrected chi connectivity index (χ0v) is 12.5. The van der Waals surface area contributed by atoms with E-state index in [4.69, 9.17) is 0 Å². The van der Waals surface area contributed by atoms with Gasteiger partial charge in [-0.05, 0) is 30.5 Å². The van der Waals surface area contributed by atoms with Gasteiger partial charge in [-0.25, -0.2) is 0 Å². The lowest BCUT2D eigenvalue weighted by atomic mass is 9.99. The topological polar surface area (TPSA) is 38.1 Å². The minimum Gasteiger partial charge on any atom is -0.336 e. The molecule has 0 saturated heterocycles. The number of carbonyl (C=O) groups is 1. The maximum atomic E-state index is 12.6. The lowest BCUT2D eigenvalue weighted by Gasteiger charge is -2.31. The fourth-order valence-corrected chi connectivity index (χ4v) is 2.77. The van der Waals surface area contributed by atoms with Crippen LogP contribution in [0.4, 0.5) is 13.2 Å². The van der Waals surface area contributed by atoms with Crippen LogP contribution in [0.25, 0.3) is 0 Å². The third-order valence-electron chi connectivity index (χ3n) is 4.10. The molecule has 3 rings (SSSR count). The van der Waals surface area contributed by atoms with Gasteiger partial charge in [0.25, 0.3) is 0 Å². The predicted octanol–water partition coefficient (Wildman–Crippen LogP) is 3.05. The first-order chi connectivity index (χ1) is 10.9.